The normalized spacial score (nSPS) is 14.7. The van der Waals surface area contributed by atoms with Gasteiger partial charge in [0.25, 0.3) is 0 Å². The molecule has 1 amide bonds. The molecule has 4 N–H and O–H groups in total. The van der Waals surface area contributed by atoms with Crippen LogP contribution in [0.3, 0.4) is 0 Å². The predicted octanol–water partition coefficient (Wildman–Crippen LogP) is 1.57. The molecular weight excluding hydrogens is 297 g/mol. The van der Waals surface area contributed by atoms with E-state index < -0.39 is 20.5 Å². The van der Waals surface area contributed by atoms with Crippen LogP contribution in [0.25, 0.3) is 0 Å². The zero-order valence-electron chi connectivity index (χ0n) is 12.8. The summed E-state index contributed by atoms with van der Waals surface area (Å²) < 4.78 is 14.6. The highest BCUT2D eigenvalue weighted by molar-refractivity contribution is 7.46. The number of nitrogens with one attached hydrogen (secondary N) is 1. The van der Waals surface area contributed by atoms with E-state index in [9.17, 15) is 14.5 Å². The van der Waals surface area contributed by atoms with Gasteiger partial charge in [0.15, 0.2) is 0 Å². The third kappa shape index (κ3) is 13.0. The number of aliphatic hydroxyl groups is 1. The van der Waals surface area contributed by atoms with Crippen molar-refractivity contribution in [1.82, 2.24) is 5.32 Å². The lowest BCUT2D eigenvalue weighted by atomic mass is 10.0. The van der Waals surface area contributed by atoms with Gasteiger partial charge in [-0.25, -0.2) is 4.57 Å². The van der Waals surface area contributed by atoms with Crippen molar-refractivity contribution >= 4 is 13.7 Å². The number of carbonyl (C=O) groups is 1. The molecule has 8 heteroatoms. The van der Waals surface area contributed by atoms with Crippen molar-refractivity contribution in [3.05, 3.63) is 0 Å². The van der Waals surface area contributed by atoms with Crippen LogP contribution in [0.4, 0.5) is 0 Å². The van der Waals surface area contributed by atoms with E-state index in [-0.39, 0.29) is 18.4 Å². The standard InChI is InChI=1S/C13H28NO6P/c1-3-4-5-6-7-8-11(2)13(16)14-9-12(15)10-20-21(17,18)19/h11-12,15H,3-10H2,1-2H3,(H,14,16)(H2,17,18,19)/t11?,12-/m0/s1. The van der Waals surface area contributed by atoms with Crippen LogP contribution in [-0.4, -0.2) is 40.1 Å². The maximum Gasteiger partial charge on any atom is 0.469 e. The van der Waals surface area contributed by atoms with Crippen molar-refractivity contribution in [2.75, 3.05) is 13.2 Å². The Labute approximate surface area is 126 Å². The molecule has 0 fully saturated rings. The highest BCUT2D eigenvalue weighted by Crippen LogP contribution is 2.35. The van der Waals surface area contributed by atoms with Crippen LogP contribution in [0, 0.1) is 5.92 Å². The van der Waals surface area contributed by atoms with Gasteiger partial charge in [-0.1, -0.05) is 46.0 Å². The Hall–Kier alpha value is -0.460. The fourth-order valence-electron chi connectivity index (χ4n) is 1.82. The van der Waals surface area contributed by atoms with Crippen molar-refractivity contribution < 1.29 is 28.8 Å². The van der Waals surface area contributed by atoms with Gasteiger partial charge < -0.3 is 20.2 Å². The smallest absolute Gasteiger partial charge is 0.389 e. The number of aliphatic hydroxyl groups excluding tert-OH is 1. The lowest BCUT2D eigenvalue weighted by Gasteiger charge is -2.15. The molecule has 0 heterocycles. The summed E-state index contributed by atoms with van der Waals surface area (Å²) in [5.41, 5.74) is 0. The molecule has 0 rings (SSSR count). The fourth-order valence-corrected chi connectivity index (χ4v) is 2.19. The van der Waals surface area contributed by atoms with Gasteiger partial charge in [0, 0.05) is 12.5 Å². The van der Waals surface area contributed by atoms with Gasteiger partial charge >= 0.3 is 7.82 Å². The van der Waals surface area contributed by atoms with E-state index >= 15 is 0 Å². The summed E-state index contributed by atoms with van der Waals surface area (Å²) in [5, 5.41) is 12.0. The largest absolute Gasteiger partial charge is 0.469 e. The first-order chi connectivity index (χ1) is 9.76. The molecule has 0 aliphatic rings. The lowest BCUT2D eigenvalue weighted by molar-refractivity contribution is -0.125. The van der Waals surface area contributed by atoms with Crippen molar-refractivity contribution in [1.29, 1.82) is 0 Å². The van der Waals surface area contributed by atoms with Crippen LogP contribution in [-0.2, 0) is 13.9 Å². The minimum atomic E-state index is -4.58. The number of carbonyl (C=O) groups excluding carboxylic acids is 1. The minimum absolute atomic E-state index is 0.0843. The van der Waals surface area contributed by atoms with Crippen molar-refractivity contribution in [2.24, 2.45) is 5.92 Å². The SMILES string of the molecule is CCCCCCCC(C)C(=O)NC[C@H](O)COP(=O)(O)O. The molecule has 0 aliphatic carbocycles. The summed E-state index contributed by atoms with van der Waals surface area (Å²) in [6, 6.07) is 0. The number of hydrogen-bond acceptors (Lipinski definition) is 4. The molecular formula is C13H28NO6P. The first-order valence-corrected chi connectivity index (χ1v) is 8.95. The Balaban J connectivity index is 3.74. The van der Waals surface area contributed by atoms with Crippen molar-refractivity contribution in [3.63, 3.8) is 0 Å². The van der Waals surface area contributed by atoms with Gasteiger partial charge in [-0.3, -0.25) is 9.32 Å². The van der Waals surface area contributed by atoms with E-state index in [0.29, 0.717) is 0 Å². The predicted molar refractivity (Wildman–Crippen MR) is 79.6 cm³/mol. The molecule has 0 saturated carbocycles. The molecule has 0 bridgehead atoms. The first kappa shape index (κ1) is 20.5. The number of phosphoric acid groups is 1. The van der Waals surface area contributed by atoms with Crippen LogP contribution in [0.1, 0.15) is 52.4 Å². The van der Waals surface area contributed by atoms with E-state index in [0.717, 1.165) is 19.3 Å². The quantitative estimate of drug-likeness (QED) is 0.320. The third-order valence-electron chi connectivity index (χ3n) is 3.14. The fraction of sp³-hybridized carbons (Fsp3) is 0.923. The zero-order valence-corrected chi connectivity index (χ0v) is 13.7. The Bertz CT molecular complexity index is 333. The Morgan fingerprint density at radius 1 is 1.24 bits per heavy atom. The maximum absolute atomic E-state index is 11.8. The topological polar surface area (TPSA) is 116 Å². The van der Waals surface area contributed by atoms with Gasteiger partial charge in [-0.2, -0.15) is 0 Å². The van der Waals surface area contributed by atoms with Crippen LogP contribution in [0.15, 0.2) is 0 Å². The number of phosphoric ester groups is 1. The molecule has 1 unspecified atom stereocenters. The molecule has 2 atom stereocenters. The third-order valence-corrected chi connectivity index (χ3v) is 3.62. The molecule has 126 valence electrons. The summed E-state index contributed by atoms with van der Waals surface area (Å²) in [7, 11) is -4.58. The summed E-state index contributed by atoms with van der Waals surface area (Å²) >= 11 is 0. The Morgan fingerprint density at radius 3 is 2.43 bits per heavy atom. The molecule has 0 saturated heterocycles. The lowest BCUT2D eigenvalue weighted by Crippen LogP contribution is -2.37. The van der Waals surface area contributed by atoms with Crippen LogP contribution < -0.4 is 5.32 Å². The zero-order chi connectivity index (χ0) is 16.3. The minimum Gasteiger partial charge on any atom is -0.389 e. The molecule has 0 aromatic carbocycles. The highest BCUT2D eigenvalue weighted by atomic mass is 31.2. The van der Waals surface area contributed by atoms with Gasteiger partial charge in [0.05, 0.1) is 12.7 Å². The monoisotopic (exact) mass is 325 g/mol. The summed E-state index contributed by atoms with van der Waals surface area (Å²) in [6.45, 7) is 3.38. The van der Waals surface area contributed by atoms with E-state index in [1.54, 1.807) is 0 Å². The van der Waals surface area contributed by atoms with Crippen LogP contribution >= 0.6 is 7.82 Å². The van der Waals surface area contributed by atoms with Gasteiger partial charge in [0.2, 0.25) is 5.91 Å². The second-order valence-corrected chi connectivity index (χ2v) is 6.53. The molecule has 7 nitrogen and oxygen atoms in total. The maximum atomic E-state index is 11.8. The van der Waals surface area contributed by atoms with E-state index in [1.165, 1.54) is 19.3 Å². The molecule has 0 aromatic rings. The Kier molecular flexibility index (Phi) is 10.9. The molecule has 0 aromatic heterocycles. The number of amides is 1. The van der Waals surface area contributed by atoms with E-state index in [1.807, 2.05) is 6.92 Å². The van der Waals surface area contributed by atoms with Crippen molar-refractivity contribution in [3.8, 4) is 0 Å². The van der Waals surface area contributed by atoms with Gasteiger partial charge in [-0.15, -0.1) is 0 Å². The second-order valence-electron chi connectivity index (χ2n) is 5.29. The van der Waals surface area contributed by atoms with Gasteiger partial charge in [-0.05, 0) is 6.42 Å². The summed E-state index contributed by atoms with van der Waals surface area (Å²) in [6.07, 6.45) is 5.35. The van der Waals surface area contributed by atoms with E-state index in [2.05, 4.69) is 16.8 Å². The Morgan fingerprint density at radius 2 is 1.86 bits per heavy atom. The first-order valence-electron chi connectivity index (χ1n) is 7.42. The summed E-state index contributed by atoms with van der Waals surface area (Å²) in [4.78, 5) is 28.7. The van der Waals surface area contributed by atoms with Crippen LogP contribution in [0.2, 0.25) is 0 Å². The molecule has 0 aliphatic heterocycles. The molecule has 0 radical (unpaired) electrons. The summed E-state index contributed by atoms with van der Waals surface area (Å²) in [5.74, 6) is -0.303. The number of rotatable bonds is 12. The molecule has 21 heavy (non-hydrogen) atoms. The van der Waals surface area contributed by atoms with Gasteiger partial charge in [0.1, 0.15) is 0 Å². The average molecular weight is 325 g/mol. The number of hydrogen-bond donors (Lipinski definition) is 4. The molecule has 0 spiro atoms. The van der Waals surface area contributed by atoms with E-state index in [4.69, 9.17) is 9.79 Å². The van der Waals surface area contributed by atoms with Crippen molar-refractivity contribution in [2.45, 2.75) is 58.5 Å². The van der Waals surface area contributed by atoms with Crippen LogP contribution in [0.5, 0.6) is 0 Å². The highest BCUT2D eigenvalue weighted by Gasteiger charge is 2.18. The second kappa shape index (κ2) is 11.2. The average Bonchev–Trinajstić information content (AvgIpc) is 2.41. The number of unbranched alkanes of at least 4 members (excludes halogenated alkanes) is 4.